The van der Waals surface area contributed by atoms with Gasteiger partial charge in [-0.1, -0.05) is 0 Å². The lowest BCUT2D eigenvalue weighted by molar-refractivity contribution is -0.127. The van der Waals surface area contributed by atoms with Crippen LogP contribution in [0.2, 0.25) is 0 Å². The van der Waals surface area contributed by atoms with Crippen LogP contribution in [-0.4, -0.2) is 59.9 Å². The van der Waals surface area contributed by atoms with Gasteiger partial charge in [-0.2, -0.15) is 9.97 Å². The zero-order chi connectivity index (χ0) is 21.0. The van der Waals surface area contributed by atoms with Crippen LogP contribution in [0.25, 0.3) is 16.9 Å². The first-order valence-corrected chi connectivity index (χ1v) is 10.3. The molecule has 3 aromatic heterocycles. The van der Waals surface area contributed by atoms with E-state index < -0.39 is 0 Å². The molecule has 0 aliphatic carbocycles. The Balaban J connectivity index is 1.26. The Kier molecular flexibility index (Phi) is 5.17. The summed E-state index contributed by atoms with van der Waals surface area (Å²) >= 11 is 0. The third-order valence-corrected chi connectivity index (χ3v) is 5.28. The van der Waals surface area contributed by atoms with Gasteiger partial charge in [0, 0.05) is 49.8 Å². The van der Waals surface area contributed by atoms with Crippen LogP contribution in [0.5, 0.6) is 0 Å². The first kappa shape index (κ1) is 19.0. The predicted molar refractivity (Wildman–Crippen MR) is 117 cm³/mol. The van der Waals surface area contributed by atoms with E-state index in [4.69, 9.17) is 0 Å². The summed E-state index contributed by atoms with van der Waals surface area (Å²) in [5.41, 5.74) is 3.24. The molecular formula is C21H23N9O. The molecule has 1 aliphatic heterocycles. The van der Waals surface area contributed by atoms with Crippen molar-refractivity contribution in [1.29, 1.82) is 0 Å². The second-order valence-electron chi connectivity index (χ2n) is 7.40. The molecule has 10 nitrogen and oxygen atoms in total. The van der Waals surface area contributed by atoms with E-state index in [0.717, 1.165) is 42.8 Å². The summed E-state index contributed by atoms with van der Waals surface area (Å²) in [7, 11) is 0. The number of aromatic nitrogens is 6. The van der Waals surface area contributed by atoms with Crippen molar-refractivity contribution in [2.24, 2.45) is 0 Å². The topological polar surface area (TPSA) is 117 Å². The molecule has 1 aliphatic rings. The number of hydrogen-bond donors (Lipinski definition) is 3. The van der Waals surface area contributed by atoms with Crippen molar-refractivity contribution in [3.8, 4) is 5.69 Å². The Bertz CT molecular complexity index is 1170. The number of likely N-dealkylation sites (tertiary alicyclic amines) is 1. The van der Waals surface area contributed by atoms with E-state index in [1.165, 1.54) is 0 Å². The number of amides is 1. The van der Waals surface area contributed by atoms with Gasteiger partial charge in [-0.05, 0) is 37.1 Å². The highest BCUT2D eigenvalue weighted by molar-refractivity contribution is 5.84. The third kappa shape index (κ3) is 4.18. The van der Waals surface area contributed by atoms with Crippen LogP contribution in [0, 0.1) is 0 Å². The molecule has 0 unspecified atom stereocenters. The highest BCUT2D eigenvalue weighted by Gasteiger charge is 2.19. The fraction of sp³-hybridized carbons (Fsp3) is 0.286. The third-order valence-electron chi connectivity index (χ3n) is 5.28. The van der Waals surface area contributed by atoms with Crippen LogP contribution in [0.15, 0.2) is 49.3 Å². The summed E-state index contributed by atoms with van der Waals surface area (Å²) in [6.45, 7) is 2.33. The molecule has 1 aromatic carbocycles. The van der Waals surface area contributed by atoms with Crippen molar-refractivity contribution in [3.63, 3.8) is 0 Å². The maximum atomic E-state index is 11.7. The molecule has 4 heterocycles. The largest absolute Gasteiger partial charge is 0.368 e. The molecule has 158 valence electrons. The minimum atomic E-state index is 0.253. The maximum Gasteiger partial charge on any atom is 0.231 e. The Labute approximate surface area is 178 Å². The number of rotatable bonds is 8. The molecular weight excluding hydrogens is 394 g/mol. The minimum absolute atomic E-state index is 0.253. The van der Waals surface area contributed by atoms with E-state index in [-0.39, 0.29) is 5.91 Å². The minimum Gasteiger partial charge on any atom is -0.368 e. The molecule has 0 saturated carbocycles. The van der Waals surface area contributed by atoms with E-state index in [1.54, 1.807) is 18.9 Å². The number of H-pyrrole nitrogens is 1. The second kappa shape index (κ2) is 8.42. The highest BCUT2D eigenvalue weighted by Crippen LogP contribution is 2.22. The summed E-state index contributed by atoms with van der Waals surface area (Å²) in [6.07, 6.45) is 9.50. The smallest absolute Gasteiger partial charge is 0.231 e. The number of nitrogens with zero attached hydrogens (tertiary/aromatic N) is 6. The van der Waals surface area contributed by atoms with Gasteiger partial charge >= 0.3 is 0 Å². The molecule has 0 spiro atoms. The van der Waals surface area contributed by atoms with Gasteiger partial charge in [-0.25, -0.2) is 9.97 Å². The molecule has 0 bridgehead atoms. The lowest BCUT2D eigenvalue weighted by Gasteiger charge is -2.15. The summed E-state index contributed by atoms with van der Waals surface area (Å²) < 4.78 is 1.94. The Morgan fingerprint density at radius 2 is 2.06 bits per heavy atom. The van der Waals surface area contributed by atoms with Crippen molar-refractivity contribution >= 4 is 34.5 Å². The normalized spacial score (nSPS) is 13.8. The van der Waals surface area contributed by atoms with Crippen molar-refractivity contribution in [2.75, 3.05) is 30.3 Å². The average Bonchev–Trinajstić information content (AvgIpc) is 3.54. The Morgan fingerprint density at radius 3 is 2.84 bits per heavy atom. The molecule has 4 aromatic rings. The van der Waals surface area contributed by atoms with Crippen molar-refractivity contribution in [3.05, 3.63) is 49.3 Å². The van der Waals surface area contributed by atoms with Gasteiger partial charge in [0.05, 0.1) is 12.7 Å². The zero-order valence-electron chi connectivity index (χ0n) is 17.0. The fourth-order valence-electron chi connectivity index (χ4n) is 3.69. The van der Waals surface area contributed by atoms with Crippen LogP contribution in [0.1, 0.15) is 19.3 Å². The number of benzene rings is 1. The lowest BCUT2D eigenvalue weighted by Crippen LogP contribution is -2.27. The van der Waals surface area contributed by atoms with E-state index >= 15 is 0 Å². The average molecular weight is 417 g/mol. The second-order valence-corrected chi connectivity index (χ2v) is 7.40. The van der Waals surface area contributed by atoms with Gasteiger partial charge in [-0.3, -0.25) is 4.79 Å². The van der Waals surface area contributed by atoms with Gasteiger partial charge < -0.3 is 25.1 Å². The SMILES string of the molecule is O=C1CCCN1CCCNc1nc(Nc2ccc(-n3ccnc3)cc2)nc2nc[nH]c12. The van der Waals surface area contributed by atoms with Crippen molar-refractivity contribution < 1.29 is 4.79 Å². The lowest BCUT2D eigenvalue weighted by atomic mass is 10.3. The molecule has 31 heavy (non-hydrogen) atoms. The molecule has 3 N–H and O–H groups in total. The number of nitrogens with one attached hydrogen (secondary N) is 3. The first-order chi connectivity index (χ1) is 15.3. The van der Waals surface area contributed by atoms with Crippen molar-refractivity contribution in [2.45, 2.75) is 19.3 Å². The molecule has 0 radical (unpaired) electrons. The standard InChI is InChI=1S/C21H23N9O/c31-17-3-1-10-29(17)11-2-8-23-19-18-20(25-13-24-18)28-21(27-19)26-15-4-6-16(7-5-15)30-12-9-22-14-30/h4-7,9,12-14H,1-3,8,10-11H2,(H3,23,24,25,26,27,28). The van der Waals surface area contributed by atoms with Crippen LogP contribution >= 0.6 is 0 Å². The van der Waals surface area contributed by atoms with Gasteiger partial charge in [0.1, 0.15) is 5.52 Å². The van der Waals surface area contributed by atoms with E-state index in [0.29, 0.717) is 30.4 Å². The predicted octanol–water partition coefficient (Wildman–Crippen LogP) is 2.71. The summed E-state index contributed by atoms with van der Waals surface area (Å²) in [6, 6.07) is 7.92. The fourth-order valence-corrected chi connectivity index (χ4v) is 3.69. The number of hydrogen-bond acceptors (Lipinski definition) is 7. The molecule has 1 amide bonds. The monoisotopic (exact) mass is 417 g/mol. The molecule has 10 heteroatoms. The number of imidazole rings is 2. The molecule has 0 atom stereocenters. The van der Waals surface area contributed by atoms with E-state index in [2.05, 4.69) is 35.6 Å². The van der Waals surface area contributed by atoms with Gasteiger partial charge in [0.15, 0.2) is 11.5 Å². The van der Waals surface area contributed by atoms with E-state index in [9.17, 15) is 4.79 Å². The quantitative estimate of drug-likeness (QED) is 0.377. The van der Waals surface area contributed by atoms with Crippen LogP contribution < -0.4 is 10.6 Å². The molecule has 1 fully saturated rings. The number of aromatic amines is 1. The Hall–Kier alpha value is -3.95. The number of fused-ring (bicyclic) bond motifs is 1. The maximum absolute atomic E-state index is 11.7. The van der Waals surface area contributed by atoms with Crippen molar-refractivity contribution in [1.82, 2.24) is 34.4 Å². The highest BCUT2D eigenvalue weighted by atomic mass is 16.2. The van der Waals surface area contributed by atoms with Crippen LogP contribution in [-0.2, 0) is 4.79 Å². The molecule has 1 saturated heterocycles. The van der Waals surface area contributed by atoms with Gasteiger partial charge in [-0.15, -0.1) is 0 Å². The summed E-state index contributed by atoms with van der Waals surface area (Å²) in [4.78, 5) is 34.2. The van der Waals surface area contributed by atoms with Crippen LogP contribution in [0.3, 0.4) is 0 Å². The number of carbonyl (C=O) groups is 1. The number of anilines is 3. The summed E-state index contributed by atoms with van der Waals surface area (Å²) in [5, 5.41) is 6.60. The van der Waals surface area contributed by atoms with Crippen LogP contribution in [0.4, 0.5) is 17.5 Å². The summed E-state index contributed by atoms with van der Waals surface area (Å²) in [5.74, 6) is 1.41. The number of carbonyl (C=O) groups excluding carboxylic acids is 1. The molecule has 5 rings (SSSR count). The first-order valence-electron chi connectivity index (χ1n) is 10.3. The Morgan fingerprint density at radius 1 is 1.16 bits per heavy atom. The zero-order valence-corrected chi connectivity index (χ0v) is 17.0. The van der Waals surface area contributed by atoms with E-state index in [1.807, 2.05) is 39.9 Å². The van der Waals surface area contributed by atoms with Gasteiger partial charge in [0.2, 0.25) is 11.9 Å². The van der Waals surface area contributed by atoms with Gasteiger partial charge in [0.25, 0.3) is 0 Å².